The van der Waals surface area contributed by atoms with Gasteiger partial charge in [-0.15, -0.1) is 0 Å². The van der Waals surface area contributed by atoms with Crippen molar-refractivity contribution in [2.75, 3.05) is 30.4 Å². The van der Waals surface area contributed by atoms with E-state index in [9.17, 15) is 9.18 Å². The number of fused-ring (bicyclic) bond motifs is 3. The van der Waals surface area contributed by atoms with Gasteiger partial charge in [-0.1, -0.05) is 24.1 Å². The zero-order valence-corrected chi connectivity index (χ0v) is 22.3. The Hall–Kier alpha value is -3.27. The molecule has 0 saturated carbocycles. The standard InChI is InChI=1S/C29H31ClFN5O3/c30-23-13-18(6-9-24(23)31)34-29-22-14-26(27(15-25(22)32-17-33-29)39-21-10-12-38-16-21)35-28(37)5-2-11-36-19-3-1-4-20(36)8-7-19/h2,5-6,9,13-15,17,19-21H,1,3-4,7-8,10-12,16H2,(H,35,37)(H,32,33,34)/b5-2+/t19?,20?,21-/m0/s1. The van der Waals surface area contributed by atoms with Gasteiger partial charge in [-0.05, 0) is 49.9 Å². The molecule has 0 spiro atoms. The molecular weight excluding hydrogens is 521 g/mol. The molecule has 2 bridgehead atoms. The Morgan fingerprint density at radius 1 is 1.15 bits per heavy atom. The Labute approximate surface area is 231 Å². The number of anilines is 3. The lowest BCUT2D eigenvalue weighted by molar-refractivity contribution is -0.111. The van der Waals surface area contributed by atoms with Gasteiger partial charge in [-0.2, -0.15) is 0 Å². The van der Waals surface area contributed by atoms with Crippen molar-refractivity contribution in [2.24, 2.45) is 0 Å². The average molecular weight is 552 g/mol. The Balaban J connectivity index is 1.25. The van der Waals surface area contributed by atoms with E-state index >= 15 is 0 Å². The van der Waals surface area contributed by atoms with Crippen LogP contribution in [0.15, 0.2) is 48.8 Å². The van der Waals surface area contributed by atoms with Crippen LogP contribution in [0.1, 0.15) is 38.5 Å². The number of carbonyl (C=O) groups excluding carboxylic acids is 1. The van der Waals surface area contributed by atoms with E-state index in [1.807, 2.05) is 6.08 Å². The summed E-state index contributed by atoms with van der Waals surface area (Å²) in [5, 5.41) is 6.84. The molecule has 1 aromatic heterocycles. The molecule has 2 N–H and O–H groups in total. The highest BCUT2D eigenvalue weighted by molar-refractivity contribution is 6.31. The van der Waals surface area contributed by atoms with E-state index in [4.69, 9.17) is 21.1 Å². The Morgan fingerprint density at radius 2 is 2.00 bits per heavy atom. The maximum Gasteiger partial charge on any atom is 0.248 e. The Morgan fingerprint density at radius 3 is 2.77 bits per heavy atom. The zero-order valence-electron chi connectivity index (χ0n) is 21.5. The number of hydrogen-bond acceptors (Lipinski definition) is 7. The van der Waals surface area contributed by atoms with Gasteiger partial charge in [0.1, 0.15) is 29.8 Å². The molecule has 6 rings (SSSR count). The van der Waals surface area contributed by atoms with Crippen molar-refractivity contribution in [3.8, 4) is 5.75 Å². The van der Waals surface area contributed by atoms with Gasteiger partial charge in [0.25, 0.3) is 0 Å². The minimum atomic E-state index is -0.501. The van der Waals surface area contributed by atoms with E-state index < -0.39 is 5.82 Å². The summed E-state index contributed by atoms with van der Waals surface area (Å²) in [4.78, 5) is 24.3. The highest BCUT2D eigenvalue weighted by Crippen LogP contribution is 2.36. The third kappa shape index (κ3) is 5.85. The SMILES string of the molecule is O=C(/C=C/CN1C2CCCC1CC2)Nc1cc2c(Nc3ccc(F)c(Cl)c3)ncnc2cc1O[C@H]1CCOC1. The lowest BCUT2D eigenvalue weighted by Gasteiger charge is -2.33. The van der Waals surface area contributed by atoms with Gasteiger partial charge >= 0.3 is 0 Å². The normalized spacial score (nSPS) is 23.0. The van der Waals surface area contributed by atoms with Crippen LogP contribution < -0.4 is 15.4 Å². The fraction of sp³-hybridized carbons (Fsp3) is 0.414. The summed E-state index contributed by atoms with van der Waals surface area (Å²) in [5.74, 6) is 0.273. The number of piperidine rings is 1. The van der Waals surface area contributed by atoms with Gasteiger partial charge in [-0.3, -0.25) is 9.69 Å². The lowest BCUT2D eigenvalue weighted by atomic mass is 10.0. The molecule has 0 aliphatic carbocycles. The maximum atomic E-state index is 13.7. The predicted octanol–water partition coefficient (Wildman–Crippen LogP) is 5.85. The van der Waals surface area contributed by atoms with Gasteiger partial charge < -0.3 is 20.1 Å². The fourth-order valence-corrected chi connectivity index (χ4v) is 6.03. The quantitative estimate of drug-likeness (QED) is 0.340. The van der Waals surface area contributed by atoms with Crippen LogP contribution in [0.25, 0.3) is 10.9 Å². The number of rotatable bonds is 8. The minimum absolute atomic E-state index is 0.00475. The molecule has 4 heterocycles. The first-order valence-electron chi connectivity index (χ1n) is 13.5. The number of benzene rings is 2. The van der Waals surface area contributed by atoms with Gasteiger partial charge in [0.15, 0.2) is 0 Å². The first kappa shape index (κ1) is 26.0. The molecule has 0 radical (unpaired) electrons. The van der Waals surface area contributed by atoms with E-state index in [1.165, 1.54) is 50.6 Å². The van der Waals surface area contributed by atoms with Crippen LogP contribution in [0, 0.1) is 5.82 Å². The molecule has 3 aliphatic rings. The summed E-state index contributed by atoms with van der Waals surface area (Å²) >= 11 is 5.96. The molecule has 3 fully saturated rings. The smallest absolute Gasteiger partial charge is 0.248 e. The van der Waals surface area contributed by atoms with Crippen molar-refractivity contribution in [1.82, 2.24) is 14.9 Å². The second-order valence-electron chi connectivity index (χ2n) is 10.3. The van der Waals surface area contributed by atoms with E-state index in [0.29, 0.717) is 59.1 Å². The number of aromatic nitrogens is 2. The van der Waals surface area contributed by atoms with E-state index in [-0.39, 0.29) is 17.0 Å². The first-order chi connectivity index (χ1) is 19.0. The van der Waals surface area contributed by atoms with Crippen LogP contribution >= 0.6 is 11.6 Å². The van der Waals surface area contributed by atoms with E-state index in [1.54, 1.807) is 24.3 Å². The fourth-order valence-electron chi connectivity index (χ4n) is 5.85. The highest BCUT2D eigenvalue weighted by Gasteiger charge is 2.35. The van der Waals surface area contributed by atoms with Gasteiger partial charge in [0, 0.05) is 48.3 Å². The zero-order chi connectivity index (χ0) is 26.8. The summed E-state index contributed by atoms with van der Waals surface area (Å²) in [7, 11) is 0. The molecule has 3 aliphatic heterocycles. The van der Waals surface area contributed by atoms with Crippen LogP contribution in [-0.4, -0.2) is 58.7 Å². The van der Waals surface area contributed by atoms with Crippen molar-refractivity contribution in [3.05, 3.63) is 59.7 Å². The first-order valence-corrected chi connectivity index (χ1v) is 13.9. The van der Waals surface area contributed by atoms with Crippen molar-refractivity contribution >= 4 is 45.6 Å². The Kier molecular flexibility index (Phi) is 7.63. The topological polar surface area (TPSA) is 88.6 Å². The predicted molar refractivity (Wildman–Crippen MR) is 149 cm³/mol. The largest absolute Gasteiger partial charge is 0.486 e. The van der Waals surface area contributed by atoms with Crippen molar-refractivity contribution < 1.29 is 18.7 Å². The van der Waals surface area contributed by atoms with Crippen molar-refractivity contribution in [2.45, 2.75) is 56.7 Å². The summed E-state index contributed by atoms with van der Waals surface area (Å²) in [5.41, 5.74) is 1.71. The summed E-state index contributed by atoms with van der Waals surface area (Å²) in [6.07, 6.45) is 12.0. The van der Waals surface area contributed by atoms with Crippen molar-refractivity contribution in [1.29, 1.82) is 0 Å². The van der Waals surface area contributed by atoms with E-state index in [2.05, 4.69) is 25.5 Å². The van der Waals surface area contributed by atoms with Crippen LogP contribution in [0.5, 0.6) is 5.75 Å². The molecule has 204 valence electrons. The third-order valence-corrected chi connectivity index (χ3v) is 8.08. The molecule has 3 saturated heterocycles. The molecule has 3 aromatic rings. The average Bonchev–Trinajstić information content (AvgIpc) is 3.50. The molecular formula is C29H31ClFN5O3. The molecule has 3 atom stereocenters. The second-order valence-corrected chi connectivity index (χ2v) is 10.8. The summed E-state index contributed by atoms with van der Waals surface area (Å²) < 4.78 is 25.4. The maximum absolute atomic E-state index is 13.7. The number of ether oxygens (including phenoxy) is 2. The monoisotopic (exact) mass is 551 g/mol. The minimum Gasteiger partial charge on any atom is -0.486 e. The molecule has 39 heavy (non-hydrogen) atoms. The van der Waals surface area contributed by atoms with Gasteiger partial charge in [0.05, 0.1) is 29.4 Å². The molecule has 2 unspecified atom stereocenters. The van der Waals surface area contributed by atoms with E-state index in [0.717, 1.165) is 13.0 Å². The second kappa shape index (κ2) is 11.5. The number of halogens is 2. The number of carbonyl (C=O) groups is 1. The summed E-state index contributed by atoms with van der Waals surface area (Å²) in [6.45, 7) is 1.91. The number of hydrogen-bond donors (Lipinski definition) is 2. The number of nitrogens with zero attached hydrogens (tertiary/aromatic N) is 3. The number of amides is 1. The third-order valence-electron chi connectivity index (χ3n) is 7.79. The summed E-state index contributed by atoms with van der Waals surface area (Å²) in [6, 6.07) is 9.24. The molecule has 8 nitrogen and oxygen atoms in total. The van der Waals surface area contributed by atoms with Crippen LogP contribution in [-0.2, 0) is 9.53 Å². The van der Waals surface area contributed by atoms with Gasteiger partial charge in [0.2, 0.25) is 5.91 Å². The lowest BCUT2D eigenvalue weighted by Crippen LogP contribution is -2.39. The molecule has 2 aromatic carbocycles. The number of nitrogens with one attached hydrogen (secondary N) is 2. The van der Waals surface area contributed by atoms with Crippen LogP contribution in [0.4, 0.5) is 21.6 Å². The van der Waals surface area contributed by atoms with Gasteiger partial charge in [-0.25, -0.2) is 14.4 Å². The molecule has 10 heteroatoms. The Bertz CT molecular complexity index is 1380. The van der Waals surface area contributed by atoms with Crippen molar-refractivity contribution in [3.63, 3.8) is 0 Å². The molecule has 1 amide bonds. The van der Waals surface area contributed by atoms with Crippen LogP contribution in [0.3, 0.4) is 0 Å². The highest BCUT2D eigenvalue weighted by atomic mass is 35.5. The van der Waals surface area contributed by atoms with Crippen LogP contribution in [0.2, 0.25) is 5.02 Å².